The van der Waals surface area contributed by atoms with Gasteiger partial charge in [0.15, 0.2) is 17.3 Å². The van der Waals surface area contributed by atoms with Crippen LogP contribution in [0.2, 0.25) is 0 Å². The molecular formula is C27H23N3O12. The van der Waals surface area contributed by atoms with Crippen LogP contribution in [-0.4, -0.2) is 67.3 Å². The molecule has 3 rings (SSSR count). The maximum Gasteiger partial charge on any atom is 0.269 e. The topological polar surface area (TPSA) is 241 Å². The average Bonchev–Trinajstić information content (AvgIpc) is 3.00. The molecule has 0 heterocycles. The molecule has 0 aliphatic rings. The molecule has 0 aliphatic carbocycles. The number of carbonyl (C=O) groups is 3. The van der Waals surface area contributed by atoms with Crippen LogP contribution in [0.25, 0.3) is 0 Å². The number of Topliss-reactive ketones (excluding diaryl/α,β-unsaturated/α-hetero) is 3. The molecule has 0 spiro atoms. The molecule has 0 atom stereocenters. The summed E-state index contributed by atoms with van der Waals surface area (Å²) in [5, 5.41) is 64.9. The number of nitro groups is 3. The summed E-state index contributed by atoms with van der Waals surface area (Å²) in [6.45, 7) is -3.61. The minimum Gasteiger partial charge on any atom is -0.396 e. The normalized spacial score (nSPS) is 11.5. The molecule has 0 aromatic heterocycles. The summed E-state index contributed by atoms with van der Waals surface area (Å²) in [7, 11) is 0. The van der Waals surface area contributed by atoms with Crippen molar-refractivity contribution in [2.24, 2.45) is 10.8 Å². The lowest BCUT2D eigenvalue weighted by molar-refractivity contribution is -0.385. The van der Waals surface area contributed by atoms with Gasteiger partial charge in [-0.1, -0.05) is 0 Å². The molecule has 0 bridgehead atoms. The maximum atomic E-state index is 14.3. The fraction of sp³-hybridized carbons (Fsp3) is 0.222. The zero-order valence-corrected chi connectivity index (χ0v) is 21.6. The van der Waals surface area contributed by atoms with Crippen molar-refractivity contribution in [1.82, 2.24) is 0 Å². The van der Waals surface area contributed by atoms with E-state index in [1.807, 2.05) is 0 Å². The first-order valence-electron chi connectivity index (χ1n) is 12.1. The van der Waals surface area contributed by atoms with Crippen LogP contribution in [0.3, 0.4) is 0 Å². The summed E-state index contributed by atoms with van der Waals surface area (Å²) in [4.78, 5) is 73.8. The van der Waals surface area contributed by atoms with Crippen LogP contribution in [0.5, 0.6) is 0 Å². The van der Waals surface area contributed by atoms with Crippen molar-refractivity contribution in [1.29, 1.82) is 0 Å². The molecule has 3 aromatic rings. The molecule has 0 amide bonds. The molecule has 0 radical (unpaired) electrons. The first-order chi connectivity index (χ1) is 19.9. The average molecular weight is 581 g/mol. The first-order valence-corrected chi connectivity index (χ1v) is 12.1. The molecular weight excluding hydrogens is 558 g/mol. The Bertz CT molecular complexity index is 1460. The number of hydrogen-bond acceptors (Lipinski definition) is 12. The highest BCUT2D eigenvalue weighted by molar-refractivity contribution is 6.24. The van der Waals surface area contributed by atoms with E-state index in [1.54, 1.807) is 0 Å². The van der Waals surface area contributed by atoms with Gasteiger partial charge in [0.25, 0.3) is 17.1 Å². The number of rotatable bonds is 14. The van der Waals surface area contributed by atoms with Gasteiger partial charge >= 0.3 is 0 Å². The predicted octanol–water partition coefficient (Wildman–Crippen LogP) is 2.70. The van der Waals surface area contributed by atoms with Crippen molar-refractivity contribution in [3.05, 3.63) is 120 Å². The second kappa shape index (κ2) is 12.5. The Morgan fingerprint density at radius 2 is 0.833 bits per heavy atom. The summed E-state index contributed by atoms with van der Waals surface area (Å²) in [5.74, 6) is -3.58. The molecule has 218 valence electrons. The van der Waals surface area contributed by atoms with Gasteiger partial charge in [-0.2, -0.15) is 0 Å². The van der Waals surface area contributed by atoms with Crippen molar-refractivity contribution in [3.63, 3.8) is 0 Å². The minimum atomic E-state index is -2.78. The van der Waals surface area contributed by atoms with E-state index in [-0.39, 0.29) is 16.7 Å². The number of benzene rings is 3. The van der Waals surface area contributed by atoms with E-state index < -0.39 is 86.3 Å². The molecule has 0 saturated carbocycles. The van der Waals surface area contributed by atoms with Crippen molar-refractivity contribution < 1.29 is 44.5 Å². The number of hydrogen-bond donors (Lipinski definition) is 3. The third kappa shape index (κ3) is 5.38. The maximum absolute atomic E-state index is 14.3. The van der Waals surface area contributed by atoms with E-state index in [1.165, 1.54) is 0 Å². The summed E-state index contributed by atoms with van der Waals surface area (Å²) in [6, 6.07) is 11.7. The summed E-state index contributed by atoms with van der Waals surface area (Å²) in [5.41, 5.74) is -7.77. The first kappa shape index (κ1) is 31.3. The van der Waals surface area contributed by atoms with Gasteiger partial charge in [0.05, 0.1) is 33.4 Å². The van der Waals surface area contributed by atoms with Crippen LogP contribution < -0.4 is 0 Å². The lowest BCUT2D eigenvalue weighted by Gasteiger charge is -2.45. The van der Waals surface area contributed by atoms with Crippen molar-refractivity contribution in [2.75, 3.05) is 19.8 Å². The van der Waals surface area contributed by atoms with Crippen LogP contribution in [-0.2, 0) is 0 Å². The van der Waals surface area contributed by atoms with Crippen molar-refractivity contribution in [3.8, 4) is 0 Å². The number of non-ortho nitro benzene ring substituents is 3. The number of ketones is 3. The number of aliphatic hydroxyl groups excluding tert-OH is 3. The minimum absolute atomic E-state index is 0.334. The van der Waals surface area contributed by atoms with E-state index >= 15 is 0 Å². The smallest absolute Gasteiger partial charge is 0.269 e. The summed E-state index contributed by atoms with van der Waals surface area (Å²) >= 11 is 0. The lowest BCUT2D eigenvalue weighted by atomic mass is 9.53. The summed E-state index contributed by atoms with van der Waals surface area (Å²) < 4.78 is 0. The van der Waals surface area contributed by atoms with Gasteiger partial charge in [-0.15, -0.1) is 0 Å². The van der Waals surface area contributed by atoms with E-state index in [9.17, 15) is 60.0 Å². The van der Waals surface area contributed by atoms with Crippen LogP contribution in [0, 0.1) is 41.2 Å². The zero-order valence-electron chi connectivity index (χ0n) is 21.6. The number of carbonyl (C=O) groups excluding carboxylic acids is 3. The third-order valence-electron chi connectivity index (χ3n) is 7.07. The molecule has 15 nitrogen and oxygen atoms in total. The zero-order chi connectivity index (χ0) is 31.2. The highest BCUT2D eigenvalue weighted by atomic mass is 16.6. The molecule has 0 unspecified atom stereocenters. The van der Waals surface area contributed by atoms with Gasteiger partial charge in [0, 0.05) is 59.7 Å². The second-order valence-electron chi connectivity index (χ2n) is 9.18. The predicted molar refractivity (Wildman–Crippen MR) is 143 cm³/mol. The molecule has 3 N–H and O–H groups in total. The van der Waals surface area contributed by atoms with E-state index in [2.05, 4.69) is 0 Å². The van der Waals surface area contributed by atoms with E-state index in [0.29, 0.717) is 0 Å². The fourth-order valence-electron chi connectivity index (χ4n) is 4.80. The van der Waals surface area contributed by atoms with Gasteiger partial charge in [-0.3, -0.25) is 44.7 Å². The highest BCUT2D eigenvalue weighted by Gasteiger charge is 2.64. The lowest BCUT2D eigenvalue weighted by Crippen LogP contribution is -2.61. The van der Waals surface area contributed by atoms with E-state index in [0.717, 1.165) is 72.8 Å². The number of nitro benzene ring substituents is 3. The Kier molecular flexibility index (Phi) is 9.32. The van der Waals surface area contributed by atoms with Gasteiger partial charge in [0.1, 0.15) is 5.41 Å². The van der Waals surface area contributed by atoms with E-state index in [4.69, 9.17) is 0 Å². The fourth-order valence-corrected chi connectivity index (χ4v) is 4.80. The molecule has 0 fully saturated rings. The monoisotopic (exact) mass is 581 g/mol. The van der Waals surface area contributed by atoms with Crippen LogP contribution in [0.15, 0.2) is 72.8 Å². The Hall–Kier alpha value is -5.25. The Morgan fingerprint density at radius 1 is 0.548 bits per heavy atom. The van der Waals surface area contributed by atoms with Gasteiger partial charge in [-0.05, 0) is 42.8 Å². The standard InChI is InChI=1S/C27H23N3O12/c31-14-13-27(24(35)18-3-9-21(10-4-18)29(39)40,25(36)19-5-11-22(12-6-19)30(41)42)26(15-32,16-33)23(34)17-1-7-20(8-2-17)28(37)38/h1-12,31-33H,13-16H2. The second-order valence-corrected chi connectivity index (χ2v) is 9.18. The summed E-state index contributed by atoms with van der Waals surface area (Å²) in [6.07, 6.45) is -0.849. The number of aliphatic hydroxyl groups is 3. The Balaban J connectivity index is 2.36. The van der Waals surface area contributed by atoms with Crippen LogP contribution >= 0.6 is 0 Å². The Morgan fingerprint density at radius 3 is 1.07 bits per heavy atom. The van der Waals surface area contributed by atoms with Crippen molar-refractivity contribution in [2.45, 2.75) is 6.42 Å². The molecule has 3 aromatic carbocycles. The van der Waals surface area contributed by atoms with Gasteiger partial charge in [-0.25, -0.2) is 0 Å². The molecule has 0 saturated heterocycles. The third-order valence-corrected chi connectivity index (χ3v) is 7.07. The van der Waals surface area contributed by atoms with Crippen LogP contribution in [0.4, 0.5) is 17.1 Å². The Labute approximate surface area is 236 Å². The molecule has 0 aliphatic heterocycles. The SMILES string of the molecule is O=C(c1ccc([N+](=O)[O-])cc1)C(CO)(CO)C(CCO)(C(=O)c1ccc([N+](=O)[O-])cc1)C(=O)c1ccc([N+](=O)[O-])cc1. The van der Waals surface area contributed by atoms with Gasteiger partial charge in [0.2, 0.25) is 0 Å². The van der Waals surface area contributed by atoms with Crippen molar-refractivity contribution >= 4 is 34.4 Å². The highest BCUT2D eigenvalue weighted by Crippen LogP contribution is 2.49. The van der Waals surface area contributed by atoms with Gasteiger partial charge < -0.3 is 15.3 Å². The quantitative estimate of drug-likeness (QED) is 0.108. The molecule has 42 heavy (non-hydrogen) atoms. The van der Waals surface area contributed by atoms with Crippen LogP contribution in [0.1, 0.15) is 37.5 Å². The largest absolute Gasteiger partial charge is 0.396 e. The number of nitrogens with zero attached hydrogens (tertiary/aromatic N) is 3. The molecule has 15 heteroatoms.